The van der Waals surface area contributed by atoms with Crippen molar-refractivity contribution in [3.05, 3.63) is 0 Å². The first-order valence-electron chi connectivity index (χ1n) is 50.8. The van der Waals surface area contributed by atoms with E-state index in [0.717, 1.165) is 76.2 Å². The fourth-order valence-corrected chi connectivity index (χ4v) is 33.8. The monoisotopic (exact) mass is 2210 g/mol. The molecule has 0 aromatic carbocycles. The second kappa shape index (κ2) is 60.8. The van der Waals surface area contributed by atoms with Gasteiger partial charge in [-0.25, -0.2) is 0 Å². The highest BCUT2D eigenvalue weighted by molar-refractivity contribution is 8.55. The minimum atomic E-state index is -4.26. The van der Waals surface area contributed by atoms with E-state index < -0.39 is 100 Å². The van der Waals surface area contributed by atoms with Crippen molar-refractivity contribution in [3.8, 4) is 0 Å². The lowest BCUT2D eigenvalue weighted by Crippen LogP contribution is -2.49. The first-order chi connectivity index (χ1) is 65.3. The average Bonchev–Trinajstić information content (AvgIpc) is 1.65. The number of aliphatic hydroxyl groups is 5. The van der Waals surface area contributed by atoms with Gasteiger partial charge in [-0.2, -0.15) is 0 Å². The molecule has 141 heavy (non-hydrogen) atoms. The molecule has 7 aliphatic heterocycles. The Kier molecular flexibility index (Phi) is 56.6. The molecule has 0 aromatic rings. The lowest BCUT2D eigenvalue weighted by atomic mass is 9.98. The zero-order valence-corrected chi connectivity index (χ0v) is 97.7. The van der Waals surface area contributed by atoms with Crippen LogP contribution in [0.4, 0.5) is 0 Å². The largest absolute Gasteiger partial charge is 0.770 e. The van der Waals surface area contributed by atoms with Gasteiger partial charge in [0.1, 0.15) is 35.6 Å². The molecule has 5 N–H and O–H groups in total. The second-order valence-electron chi connectivity index (χ2n) is 42.5. The Bertz CT molecular complexity index is 3780. The summed E-state index contributed by atoms with van der Waals surface area (Å²) < 4.78 is 188. The van der Waals surface area contributed by atoms with E-state index >= 15 is 0 Å². The predicted molar refractivity (Wildman–Crippen MR) is 540 cm³/mol. The predicted octanol–water partition coefficient (Wildman–Crippen LogP) is 13.7. The number of ether oxygens (including phenoxy) is 17. The van der Waals surface area contributed by atoms with E-state index in [9.17, 15) is 72.8 Å². The Morgan fingerprint density at radius 2 is 0.702 bits per heavy atom. The average molecular weight is 2220 g/mol. The molecular formula is C94H178O37P5S5-5. The summed E-state index contributed by atoms with van der Waals surface area (Å²) in [4.78, 5) is 63.0. The van der Waals surface area contributed by atoms with Crippen molar-refractivity contribution >= 4 is 90.9 Å². The van der Waals surface area contributed by atoms with Crippen molar-refractivity contribution < 1.29 is 176 Å². The molecule has 3 saturated carbocycles. The smallest absolute Gasteiger partial charge is 0.192 e. The molecule has 38 atom stereocenters. The summed E-state index contributed by atoms with van der Waals surface area (Å²) in [5, 5.41) is 51.4. The third kappa shape index (κ3) is 46.1. The van der Waals surface area contributed by atoms with Crippen molar-refractivity contribution in [1.29, 1.82) is 0 Å². The molecule has 8 unspecified atom stereocenters. The summed E-state index contributed by atoms with van der Waals surface area (Å²) in [6, 6.07) is 0. The Morgan fingerprint density at radius 1 is 0.348 bits per heavy atom. The highest BCUT2D eigenvalue weighted by Crippen LogP contribution is 2.62. The number of hydrogen-bond donors (Lipinski definition) is 5. The molecule has 3 aliphatic carbocycles. The molecule has 47 heteroatoms. The number of hydrogen-bond acceptors (Lipinski definition) is 42. The van der Waals surface area contributed by atoms with Crippen LogP contribution in [0.5, 0.6) is 0 Å². The standard InChI is InChI=1S/C19H37O8PS.3C19H37O7PS.C18H35O8PS/c1-12(2)23-11-19(10-20)18(8-15(6)26-19)27-28(21,22)29-9-17-16(24-13(3)4)7-14(5)25-17;1-12(2)23-11-19(20)9-14(5)7-18(19)26-27(21,22)28-10-17-16(24-13(3)4)8-15(6)25-17;1-11(2)23-10-17-18(8-14(6)26-17)28-27(21,22)24-9-15-16(25-12(3)4)7-13(5)19(15)20;1-11(2)23-9-15-16(7-13(5)19(15)20)26-27(21,22)28-10-18-17(24-12(3)4)8-14(6)25-18;1-10(2)22-8-14-16(7-12(5)25-14)28-27(20,21)23-9-15-18(24-11(3)4)17(19)13(6)26-15/h12-18,20H,7-11H2,1-6H3,(H,21,22);12-18,20H,7-11H2,1-6H3,(H,21,22);2*11-20H,7-10H2,1-6H3,(H,21,22);10-19H,7-9H2,1-6H3,(H,20,21)/p-5/t14-,15-,16+,17+,18+,19+;14-,15-,16+,17+,18+,19-;2*13-,14-,15+,16+,17+,18+,19?;12-,13-,14+,15+,16+,17?,18-/m00000/s1. The van der Waals surface area contributed by atoms with Gasteiger partial charge in [0.25, 0.3) is 0 Å². The molecule has 7 saturated heterocycles. The molecule has 0 bridgehead atoms. The first-order valence-corrected chi connectivity index (χ1v) is 66.3. The van der Waals surface area contributed by atoms with Crippen molar-refractivity contribution in [2.24, 2.45) is 29.6 Å². The van der Waals surface area contributed by atoms with Gasteiger partial charge in [0.05, 0.1) is 236 Å². The van der Waals surface area contributed by atoms with Crippen LogP contribution in [0.1, 0.15) is 272 Å². The molecule has 37 nitrogen and oxygen atoms in total. The van der Waals surface area contributed by atoms with Gasteiger partial charge in [-0.1, -0.05) is 77.7 Å². The number of aliphatic hydroxyl groups excluding tert-OH is 4. The van der Waals surface area contributed by atoms with Gasteiger partial charge in [-0.05, 0) is 243 Å². The molecule has 0 radical (unpaired) electrons. The lowest BCUT2D eigenvalue weighted by molar-refractivity contribution is -0.206. The summed E-state index contributed by atoms with van der Waals surface area (Å²) in [6.45, 7) is 37.0. The zero-order chi connectivity index (χ0) is 106. The quantitative estimate of drug-likeness (QED) is 0.0353. The number of rotatable bonds is 51. The van der Waals surface area contributed by atoms with Gasteiger partial charge in [-0.3, -0.25) is 22.8 Å². The minimum absolute atomic E-state index is 0.0107. The van der Waals surface area contributed by atoms with Gasteiger partial charge in [0, 0.05) is 65.3 Å². The Morgan fingerprint density at radius 3 is 1.11 bits per heavy atom. The molecule has 10 aliphatic rings. The van der Waals surface area contributed by atoms with E-state index in [1.54, 1.807) is 6.92 Å². The van der Waals surface area contributed by atoms with Crippen LogP contribution in [-0.4, -0.2) is 325 Å². The summed E-state index contributed by atoms with van der Waals surface area (Å²) in [5.41, 5.74) is -2.47. The summed E-state index contributed by atoms with van der Waals surface area (Å²) >= 11 is 3.86. The topological polar surface area (TPSA) is 505 Å². The van der Waals surface area contributed by atoms with Crippen LogP contribution in [0.3, 0.4) is 0 Å². The van der Waals surface area contributed by atoms with Crippen LogP contribution in [0.2, 0.25) is 0 Å². The highest BCUT2D eigenvalue weighted by atomic mass is 32.7. The zero-order valence-electron chi connectivity index (χ0n) is 89.1. The van der Waals surface area contributed by atoms with E-state index in [4.69, 9.17) is 103 Å². The molecule has 10 fully saturated rings. The normalized spacial score (nSPS) is 38.2. The van der Waals surface area contributed by atoms with E-state index in [1.165, 1.54) is 0 Å². The molecule has 0 amide bonds. The second-order valence-corrected chi connectivity index (χ2v) is 61.8. The van der Waals surface area contributed by atoms with Crippen molar-refractivity contribution in [1.82, 2.24) is 0 Å². The van der Waals surface area contributed by atoms with Gasteiger partial charge in [-0.15, -0.1) is 0 Å². The third-order valence-corrected chi connectivity index (χ3v) is 40.8. The Labute approximate surface area is 862 Å². The molecule has 836 valence electrons. The first kappa shape index (κ1) is 131. The van der Waals surface area contributed by atoms with Crippen LogP contribution < -0.4 is 24.5 Å². The maximum atomic E-state index is 12.7. The van der Waals surface area contributed by atoms with Crippen LogP contribution in [0.15, 0.2) is 0 Å². The van der Waals surface area contributed by atoms with E-state index in [-0.39, 0.29) is 250 Å². The van der Waals surface area contributed by atoms with E-state index in [1.807, 2.05) is 201 Å². The fourth-order valence-electron chi connectivity index (χ4n) is 18.7. The van der Waals surface area contributed by atoms with Gasteiger partial charge in [0.2, 0.25) is 0 Å². The van der Waals surface area contributed by atoms with Gasteiger partial charge in [0.15, 0.2) is 34.0 Å². The van der Waals surface area contributed by atoms with Gasteiger partial charge < -0.3 is 153 Å². The third-order valence-electron chi connectivity index (χ3n) is 25.1. The Balaban J connectivity index is 0.000000270. The summed E-state index contributed by atoms with van der Waals surface area (Å²) in [6.07, 6.45) is -2.10. The van der Waals surface area contributed by atoms with Gasteiger partial charge >= 0.3 is 0 Å². The molecule has 7 heterocycles. The lowest BCUT2D eigenvalue weighted by Gasteiger charge is -2.36. The van der Waals surface area contributed by atoms with Crippen LogP contribution in [0.25, 0.3) is 0 Å². The van der Waals surface area contributed by atoms with Crippen molar-refractivity contribution in [2.45, 2.75) is 501 Å². The highest BCUT2D eigenvalue weighted by Gasteiger charge is 2.53. The maximum Gasteiger partial charge on any atom is 0.192 e. The van der Waals surface area contributed by atoms with E-state index in [2.05, 4.69) is 0 Å². The Hall–Kier alpha value is 1.62. The molecule has 0 spiro atoms. The van der Waals surface area contributed by atoms with Crippen LogP contribution in [-0.2, 0) is 126 Å². The van der Waals surface area contributed by atoms with E-state index in [0.29, 0.717) is 58.2 Å². The summed E-state index contributed by atoms with van der Waals surface area (Å²) in [5.74, 6) is 0.223. The van der Waals surface area contributed by atoms with Crippen LogP contribution in [0, 0.1) is 29.6 Å². The molecule has 10 rings (SSSR count). The SMILES string of the molecule is CC(C)OC[C@@]1(CO)O[C@@H](C)C[C@H]1OP(=O)([O-])SC[C@H]1O[C@@H](C)C[C@H]1OC(C)C.CC(C)OC[C@@]1(O)C[C@@H](C)C[C@H]1OP(=O)([O-])SC[C@H]1O[C@@H](C)C[C@H]1OC(C)C.CC(C)OC[C@H]1C(O)[C@@H](C)C[C@H]1OP(=O)([O-])SC[C@H]1O[C@@H](C)C[C@H]1OC(C)C.CC(C)OC[C@H]1O[C@@H](C)C[C@H]1SP(=O)([O-])OC[C@H]1C(O)[C@@H](C)C[C@H]1OC(C)C.CC(C)OC[C@H]1O[C@@H](C)C[C@H]1SP(=O)([O-])OC[C@H]1O[C@@H](C)C(O)[C@H]1OC(C)C. The molecular weight excluding hydrogens is 2040 g/mol. The van der Waals surface area contributed by atoms with Crippen LogP contribution >= 0.6 is 90.9 Å². The summed E-state index contributed by atoms with van der Waals surface area (Å²) in [7, 11) is 0. The molecule has 0 aromatic heterocycles. The maximum absolute atomic E-state index is 12.7. The minimum Gasteiger partial charge on any atom is -0.770 e. The van der Waals surface area contributed by atoms with Crippen molar-refractivity contribution in [2.75, 3.05) is 70.1 Å². The fraction of sp³-hybridized carbons (Fsp3) is 1.00. The van der Waals surface area contributed by atoms with Crippen molar-refractivity contribution in [3.63, 3.8) is 0 Å².